The Hall–Kier alpha value is -2.54. The topological polar surface area (TPSA) is 92.8 Å². The number of hydrogen-bond acceptors (Lipinski definition) is 6. The maximum atomic E-state index is 12.9. The molecule has 2 aliphatic rings. The molecule has 1 aromatic carbocycles. The summed E-state index contributed by atoms with van der Waals surface area (Å²) in [5.74, 6) is -2.97. The summed E-state index contributed by atoms with van der Waals surface area (Å²) in [6.07, 6.45) is 0. The largest absolute Gasteiger partial charge is 0.468 e. The number of carbonyl (C=O) groups excluding carboxylic acids is 4. The van der Waals surface area contributed by atoms with Crippen molar-refractivity contribution < 1.29 is 23.9 Å². The fourth-order valence-corrected chi connectivity index (χ4v) is 5.15. The Bertz CT molecular complexity index is 922. The molecule has 2 saturated heterocycles. The first kappa shape index (κ1) is 20.2. The predicted octanol–water partition coefficient (Wildman–Crippen LogP) is 1.62. The Kier molecular flexibility index (Phi) is 4.70. The van der Waals surface area contributed by atoms with Gasteiger partial charge in [0.15, 0.2) is 5.78 Å². The Morgan fingerprint density at radius 3 is 2.29 bits per heavy atom. The number of nitrogens with one attached hydrogen (secondary N) is 1. The van der Waals surface area contributed by atoms with Gasteiger partial charge in [-0.3, -0.25) is 29.4 Å². The number of ether oxygens (including phenoxy) is 1. The maximum absolute atomic E-state index is 12.9. The monoisotopic (exact) mass is 386 g/mol. The van der Waals surface area contributed by atoms with E-state index in [1.54, 1.807) is 6.92 Å². The number of benzene rings is 1. The van der Waals surface area contributed by atoms with E-state index in [4.69, 9.17) is 4.74 Å². The zero-order chi connectivity index (χ0) is 21.1. The third-order valence-corrected chi connectivity index (χ3v) is 6.31. The van der Waals surface area contributed by atoms with Gasteiger partial charge >= 0.3 is 5.97 Å². The minimum atomic E-state index is -1.33. The van der Waals surface area contributed by atoms with Gasteiger partial charge in [-0.05, 0) is 56.9 Å². The van der Waals surface area contributed by atoms with Crippen LogP contribution in [-0.4, -0.2) is 48.2 Å². The van der Waals surface area contributed by atoms with Crippen molar-refractivity contribution in [2.24, 2.45) is 11.8 Å². The lowest BCUT2D eigenvalue weighted by atomic mass is 9.78. The Balaban J connectivity index is 2.25. The minimum absolute atomic E-state index is 0.0625. The van der Waals surface area contributed by atoms with Crippen LogP contribution in [0.4, 0.5) is 0 Å². The van der Waals surface area contributed by atoms with Gasteiger partial charge in [-0.2, -0.15) is 0 Å². The highest BCUT2D eigenvalue weighted by Gasteiger charge is 2.66. The van der Waals surface area contributed by atoms with Crippen LogP contribution in [0.25, 0.3) is 0 Å². The number of amides is 2. The third-order valence-electron chi connectivity index (χ3n) is 6.31. The van der Waals surface area contributed by atoms with Crippen LogP contribution in [0.2, 0.25) is 0 Å². The van der Waals surface area contributed by atoms with Gasteiger partial charge in [-0.15, -0.1) is 0 Å². The molecule has 28 heavy (non-hydrogen) atoms. The summed E-state index contributed by atoms with van der Waals surface area (Å²) in [5.41, 5.74) is 2.60. The quantitative estimate of drug-likeness (QED) is 0.482. The van der Waals surface area contributed by atoms with E-state index in [0.29, 0.717) is 5.56 Å². The molecule has 7 nitrogen and oxygen atoms in total. The van der Waals surface area contributed by atoms with Crippen molar-refractivity contribution in [3.63, 3.8) is 0 Å². The number of fused-ring (bicyclic) bond motifs is 1. The first-order chi connectivity index (χ1) is 13.0. The fourth-order valence-electron chi connectivity index (χ4n) is 5.15. The predicted molar refractivity (Wildman–Crippen MR) is 102 cm³/mol. The van der Waals surface area contributed by atoms with Crippen LogP contribution in [0, 0.1) is 32.6 Å². The number of Topliss-reactive ketones (excluding diaryl/α,β-unsaturated/α-hetero) is 1. The molecule has 1 N–H and O–H groups in total. The number of ketones is 1. The van der Waals surface area contributed by atoms with Crippen molar-refractivity contribution >= 4 is 23.6 Å². The summed E-state index contributed by atoms with van der Waals surface area (Å²) in [6.45, 7) is 8.75. The number of methoxy groups -OCH3 is 1. The molecule has 0 unspecified atom stereocenters. The van der Waals surface area contributed by atoms with Crippen molar-refractivity contribution in [2.45, 2.75) is 46.2 Å². The first-order valence-corrected chi connectivity index (χ1v) is 9.26. The molecule has 7 heteroatoms. The van der Waals surface area contributed by atoms with E-state index < -0.39 is 35.3 Å². The zero-order valence-corrected chi connectivity index (χ0v) is 17.3. The van der Waals surface area contributed by atoms with E-state index in [-0.39, 0.29) is 11.7 Å². The van der Waals surface area contributed by atoms with Gasteiger partial charge in [-0.25, -0.2) is 0 Å². The second kappa shape index (κ2) is 6.51. The molecule has 0 aliphatic carbocycles. The van der Waals surface area contributed by atoms with Crippen molar-refractivity contribution in [3.05, 3.63) is 33.9 Å². The molecule has 0 saturated carbocycles. The minimum Gasteiger partial charge on any atom is -0.468 e. The summed E-state index contributed by atoms with van der Waals surface area (Å²) in [7, 11) is 2.70. The summed E-state index contributed by atoms with van der Waals surface area (Å²) >= 11 is 0. The van der Waals surface area contributed by atoms with Gasteiger partial charge in [0.2, 0.25) is 11.8 Å². The molecule has 4 atom stereocenters. The summed E-state index contributed by atoms with van der Waals surface area (Å²) in [4.78, 5) is 51.7. The summed E-state index contributed by atoms with van der Waals surface area (Å²) in [6, 6.07) is 1.34. The highest BCUT2D eigenvalue weighted by molar-refractivity contribution is 6.09. The lowest BCUT2D eigenvalue weighted by Crippen LogP contribution is -2.53. The van der Waals surface area contributed by atoms with Crippen LogP contribution in [0.3, 0.4) is 0 Å². The fraction of sp³-hybridized carbons (Fsp3) is 0.524. The highest BCUT2D eigenvalue weighted by atomic mass is 16.5. The lowest BCUT2D eigenvalue weighted by molar-refractivity contribution is -0.152. The molecule has 3 rings (SSSR count). The van der Waals surface area contributed by atoms with Crippen molar-refractivity contribution in [3.8, 4) is 0 Å². The smallest absolute Gasteiger partial charge is 0.326 e. The highest BCUT2D eigenvalue weighted by Crippen LogP contribution is 2.50. The van der Waals surface area contributed by atoms with Crippen molar-refractivity contribution in [1.82, 2.24) is 10.2 Å². The van der Waals surface area contributed by atoms with E-state index in [1.165, 1.54) is 21.1 Å². The molecular weight excluding hydrogens is 360 g/mol. The normalized spacial score (nSPS) is 29.2. The maximum Gasteiger partial charge on any atom is 0.326 e. The van der Waals surface area contributed by atoms with E-state index in [2.05, 4.69) is 5.32 Å². The molecule has 0 aromatic heterocycles. The van der Waals surface area contributed by atoms with Gasteiger partial charge < -0.3 is 4.74 Å². The SMILES string of the molecule is COC(=O)[C@]1(C)N[C@H](c2c(C)cc(C)c(C(C)=O)c2C)[C@@H]2C(=O)N(C)C(=O)[C@@H]21. The Morgan fingerprint density at radius 1 is 1.14 bits per heavy atom. The van der Waals surface area contributed by atoms with Gasteiger partial charge in [0, 0.05) is 18.7 Å². The van der Waals surface area contributed by atoms with Crippen molar-refractivity contribution in [2.75, 3.05) is 14.2 Å². The second-order valence-electron chi connectivity index (χ2n) is 8.04. The van der Waals surface area contributed by atoms with Gasteiger partial charge in [0.05, 0.1) is 18.9 Å². The molecule has 2 heterocycles. The van der Waals surface area contributed by atoms with Crippen LogP contribution in [-0.2, 0) is 19.1 Å². The van der Waals surface area contributed by atoms with Crippen LogP contribution in [0.15, 0.2) is 6.07 Å². The average Bonchev–Trinajstić information content (AvgIpc) is 3.03. The Labute approximate surface area is 164 Å². The van der Waals surface area contributed by atoms with E-state index in [0.717, 1.165) is 27.2 Å². The zero-order valence-electron chi connectivity index (χ0n) is 17.3. The molecule has 0 bridgehead atoms. The van der Waals surface area contributed by atoms with Crippen LogP contribution in [0.5, 0.6) is 0 Å². The molecule has 150 valence electrons. The molecule has 0 spiro atoms. The van der Waals surface area contributed by atoms with Gasteiger partial charge in [-0.1, -0.05) is 6.07 Å². The van der Waals surface area contributed by atoms with Crippen molar-refractivity contribution in [1.29, 1.82) is 0 Å². The number of nitrogens with zero attached hydrogens (tertiary/aromatic N) is 1. The summed E-state index contributed by atoms with van der Waals surface area (Å²) < 4.78 is 4.95. The second-order valence-corrected chi connectivity index (χ2v) is 8.04. The van der Waals surface area contributed by atoms with E-state index in [9.17, 15) is 19.2 Å². The number of imide groups is 1. The van der Waals surface area contributed by atoms with Crippen LogP contribution in [0.1, 0.15) is 52.5 Å². The average molecular weight is 386 g/mol. The standard InChI is InChI=1S/C21H26N2O5/c1-9-8-10(2)14(11(3)13(9)12(4)24)17-15-16(19(26)23(6)18(15)25)21(5,22-17)20(27)28-7/h8,15-17,22H,1-7H3/t15-,16-,17-,21-/m1/s1. The number of carbonyl (C=O) groups is 4. The first-order valence-electron chi connectivity index (χ1n) is 9.26. The van der Waals surface area contributed by atoms with Gasteiger partial charge in [0.1, 0.15) is 5.54 Å². The molecular formula is C21H26N2O5. The molecule has 2 fully saturated rings. The molecule has 1 aromatic rings. The Morgan fingerprint density at radius 2 is 1.75 bits per heavy atom. The molecule has 2 amide bonds. The number of hydrogen-bond donors (Lipinski definition) is 1. The molecule has 0 radical (unpaired) electrons. The third kappa shape index (κ3) is 2.53. The van der Waals surface area contributed by atoms with Gasteiger partial charge in [0.25, 0.3) is 0 Å². The van der Waals surface area contributed by atoms with E-state index >= 15 is 0 Å². The van der Waals surface area contributed by atoms with Crippen LogP contribution < -0.4 is 5.32 Å². The molecule has 2 aliphatic heterocycles. The van der Waals surface area contributed by atoms with Crippen LogP contribution >= 0.6 is 0 Å². The number of likely N-dealkylation sites (tertiary alicyclic amines) is 1. The lowest BCUT2D eigenvalue weighted by Gasteiger charge is -2.29. The van der Waals surface area contributed by atoms with E-state index in [1.807, 2.05) is 26.8 Å². The summed E-state index contributed by atoms with van der Waals surface area (Å²) in [5, 5.41) is 3.23. The number of esters is 1. The number of rotatable bonds is 3. The number of aryl methyl sites for hydroxylation is 2.